The number of nitrogens with zero attached hydrogens (tertiary/aromatic N) is 1. The smallest absolute Gasteiger partial charge is 0.410 e. The number of carbonyl (C=O) groups is 1. The topological polar surface area (TPSA) is 42.1 Å². The van der Waals surface area contributed by atoms with Gasteiger partial charge >= 0.3 is 6.09 Å². The lowest BCUT2D eigenvalue weighted by atomic mass is 10.1. The van der Waals surface area contributed by atoms with Crippen molar-refractivity contribution in [3.05, 3.63) is 35.9 Å². The van der Waals surface area contributed by atoms with Crippen molar-refractivity contribution in [2.24, 2.45) is 0 Å². The van der Waals surface area contributed by atoms with Gasteiger partial charge < -0.3 is 14.4 Å². The zero-order valence-corrected chi connectivity index (χ0v) is 11.1. The normalized spacial score (nSPS) is 29.3. The van der Waals surface area contributed by atoms with Gasteiger partial charge in [-0.15, -0.1) is 0 Å². The van der Waals surface area contributed by atoms with Gasteiger partial charge in [0.25, 0.3) is 0 Å². The molecule has 2 fully saturated rings. The Morgan fingerprint density at radius 2 is 2.11 bits per heavy atom. The molecule has 102 valence electrons. The highest BCUT2D eigenvalue weighted by molar-refractivity contribution is 5.68. The zero-order valence-electron chi connectivity index (χ0n) is 11.1. The van der Waals surface area contributed by atoms with E-state index in [0.29, 0.717) is 19.3 Å². The number of fused-ring (bicyclic) bond motifs is 1. The molecule has 0 bridgehead atoms. The first kappa shape index (κ1) is 12.5. The SMILES string of the molecule is C[C@@H]1CC[C@@H]2OC2CN1C(=O)OCc1ccccc1. The number of benzene rings is 1. The molecule has 1 amide bonds. The van der Waals surface area contributed by atoms with Gasteiger partial charge in [0, 0.05) is 6.04 Å². The molecule has 4 heteroatoms. The summed E-state index contributed by atoms with van der Waals surface area (Å²) in [6.45, 7) is 3.08. The summed E-state index contributed by atoms with van der Waals surface area (Å²) in [5, 5.41) is 0. The molecule has 1 aromatic rings. The Labute approximate surface area is 113 Å². The lowest BCUT2D eigenvalue weighted by Gasteiger charge is -2.26. The maximum absolute atomic E-state index is 12.1. The van der Waals surface area contributed by atoms with Crippen LogP contribution in [0.3, 0.4) is 0 Å². The maximum atomic E-state index is 12.1. The standard InChI is InChI=1S/C15H19NO3/c1-11-7-8-13-14(19-13)9-16(11)15(17)18-10-12-5-3-2-4-6-12/h2-6,11,13-14H,7-10H2,1H3/t11-,13+,14?/m1/s1. The van der Waals surface area contributed by atoms with E-state index in [1.54, 1.807) is 4.90 Å². The highest BCUT2D eigenvalue weighted by Crippen LogP contribution is 2.32. The summed E-state index contributed by atoms with van der Waals surface area (Å²) < 4.78 is 10.9. The van der Waals surface area contributed by atoms with Gasteiger partial charge in [-0.25, -0.2) is 4.79 Å². The maximum Gasteiger partial charge on any atom is 0.410 e. The van der Waals surface area contributed by atoms with Crippen LogP contribution >= 0.6 is 0 Å². The van der Waals surface area contributed by atoms with Crippen molar-refractivity contribution in [2.45, 2.75) is 44.6 Å². The van der Waals surface area contributed by atoms with E-state index >= 15 is 0 Å². The van der Waals surface area contributed by atoms with E-state index < -0.39 is 0 Å². The molecule has 3 rings (SSSR count). The van der Waals surface area contributed by atoms with E-state index in [1.165, 1.54) is 0 Å². The van der Waals surface area contributed by atoms with Crippen molar-refractivity contribution in [3.8, 4) is 0 Å². The summed E-state index contributed by atoms with van der Waals surface area (Å²) in [6.07, 6.45) is 2.41. The molecule has 4 nitrogen and oxygen atoms in total. The lowest BCUT2D eigenvalue weighted by Crippen LogP contribution is -2.40. The van der Waals surface area contributed by atoms with E-state index in [1.807, 2.05) is 30.3 Å². The van der Waals surface area contributed by atoms with Crippen LogP contribution in [0.4, 0.5) is 4.79 Å². The van der Waals surface area contributed by atoms with Crippen LogP contribution in [0.2, 0.25) is 0 Å². The molecule has 0 aliphatic carbocycles. The fourth-order valence-electron chi connectivity index (χ4n) is 2.59. The van der Waals surface area contributed by atoms with Crippen molar-refractivity contribution in [1.29, 1.82) is 0 Å². The quantitative estimate of drug-likeness (QED) is 0.768. The first-order chi connectivity index (χ1) is 9.24. The lowest BCUT2D eigenvalue weighted by molar-refractivity contribution is 0.0774. The van der Waals surface area contributed by atoms with Crippen LogP contribution in [0.5, 0.6) is 0 Å². The van der Waals surface area contributed by atoms with Gasteiger partial charge in [-0.05, 0) is 25.3 Å². The van der Waals surface area contributed by atoms with E-state index in [2.05, 4.69) is 6.92 Å². The second kappa shape index (κ2) is 5.21. The largest absolute Gasteiger partial charge is 0.445 e. The van der Waals surface area contributed by atoms with E-state index in [4.69, 9.17) is 9.47 Å². The number of ether oxygens (including phenoxy) is 2. The molecule has 2 aliphatic heterocycles. The summed E-state index contributed by atoms with van der Waals surface area (Å²) >= 11 is 0. The second-order valence-electron chi connectivity index (χ2n) is 5.33. The number of rotatable bonds is 2. The van der Waals surface area contributed by atoms with Gasteiger partial charge in [0.2, 0.25) is 0 Å². The zero-order chi connectivity index (χ0) is 13.2. The fraction of sp³-hybridized carbons (Fsp3) is 0.533. The van der Waals surface area contributed by atoms with Crippen LogP contribution in [0.25, 0.3) is 0 Å². The molecule has 0 saturated carbocycles. The van der Waals surface area contributed by atoms with Gasteiger partial charge in [-0.1, -0.05) is 30.3 Å². The van der Waals surface area contributed by atoms with E-state index in [9.17, 15) is 4.79 Å². The van der Waals surface area contributed by atoms with Crippen molar-refractivity contribution >= 4 is 6.09 Å². The van der Waals surface area contributed by atoms with Crippen LogP contribution in [0.15, 0.2) is 30.3 Å². The number of hydrogen-bond acceptors (Lipinski definition) is 3. The molecule has 0 radical (unpaired) electrons. The van der Waals surface area contributed by atoms with Crippen LogP contribution in [0.1, 0.15) is 25.3 Å². The van der Waals surface area contributed by atoms with E-state index in [-0.39, 0.29) is 18.2 Å². The number of hydrogen-bond donors (Lipinski definition) is 0. The van der Waals surface area contributed by atoms with Gasteiger partial charge in [0.1, 0.15) is 12.7 Å². The third-order valence-corrected chi connectivity index (χ3v) is 3.90. The van der Waals surface area contributed by atoms with Crippen molar-refractivity contribution < 1.29 is 14.3 Å². The van der Waals surface area contributed by atoms with Crippen molar-refractivity contribution in [3.63, 3.8) is 0 Å². The highest BCUT2D eigenvalue weighted by atomic mass is 16.6. The average molecular weight is 261 g/mol. The molecule has 0 N–H and O–H groups in total. The molecule has 19 heavy (non-hydrogen) atoms. The number of likely N-dealkylation sites (tertiary alicyclic amines) is 1. The summed E-state index contributed by atoms with van der Waals surface area (Å²) in [7, 11) is 0. The molecule has 0 spiro atoms. The highest BCUT2D eigenvalue weighted by Gasteiger charge is 2.44. The molecule has 2 heterocycles. The minimum atomic E-state index is -0.229. The fourth-order valence-corrected chi connectivity index (χ4v) is 2.59. The summed E-state index contributed by atoms with van der Waals surface area (Å²) in [6, 6.07) is 9.99. The molecule has 3 atom stereocenters. The van der Waals surface area contributed by atoms with Gasteiger partial charge in [0.05, 0.1) is 12.6 Å². The van der Waals surface area contributed by atoms with Gasteiger partial charge in [0.15, 0.2) is 0 Å². The monoisotopic (exact) mass is 261 g/mol. The third-order valence-electron chi connectivity index (χ3n) is 3.90. The molecule has 2 aliphatic rings. The minimum Gasteiger partial charge on any atom is -0.445 e. The van der Waals surface area contributed by atoms with Gasteiger partial charge in [-0.2, -0.15) is 0 Å². The summed E-state index contributed by atoms with van der Waals surface area (Å²) in [4.78, 5) is 14.0. The third kappa shape index (κ3) is 2.89. The predicted octanol–water partition coefficient (Wildman–Crippen LogP) is 2.57. The second-order valence-corrected chi connectivity index (χ2v) is 5.33. The minimum absolute atomic E-state index is 0.229. The van der Waals surface area contributed by atoms with Crippen molar-refractivity contribution in [2.75, 3.05) is 6.54 Å². The molecule has 0 aromatic heterocycles. The Morgan fingerprint density at radius 3 is 2.89 bits per heavy atom. The molecular weight excluding hydrogens is 242 g/mol. The number of carbonyl (C=O) groups excluding carboxylic acids is 1. The average Bonchev–Trinajstić information content (AvgIpc) is 3.19. The first-order valence-corrected chi connectivity index (χ1v) is 6.87. The van der Waals surface area contributed by atoms with Crippen LogP contribution in [-0.2, 0) is 16.1 Å². The van der Waals surface area contributed by atoms with Crippen LogP contribution in [0, 0.1) is 0 Å². The Bertz CT molecular complexity index is 448. The Kier molecular flexibility index (Phi) is 3.42. The van der Waals surface area contributed by atoms with Gasteiger partial charge in [-0.3, -0.25) is 0 Å². The van der Waals surface area contributed by atoms with Crippen molar-refractivity contribution in [1.82, 2.24) is 4.90 Å². The Balaban J connectivity index is 1.56. The molecule has 1 aromatic carbocycles. The molecule has 2 saturated heterocycles. The number of epoxide rings is 1. The molecular formula is C15H19NO3. The predicted molar refractivity (Wildman–Crippen MR) is 70.7 cm³/mol. The summed E-state index contributed by atoms with van der Waals surface area (Å²) in [5.74, 6) is 0. The summed E-state index contributed by atoms with van der Waals surface area (Å²) in [5.41, 5.74) is 1.01. The van der Waals surface area contributed by atoms with Crippen LogP contribution in [-0.4, -0.2) is 35.8 Å². The van der Waals surface area contributed by atoms with Crippen LogP contribution < -0.4 is 0 Å². The Hall–Kier alpha value is -1.55. The first-order valence-electron chi connectivity index (χ1n) is 6.87. The Morgan fingerprint density at radius 1 is 1.32 bits per heavy atom. The van der Waals surface area contributed by atoms with E-state index in [0.717, 1.165) is 18.4 Å². The number of amides is 1. The molecule has 1 unspecified atom stereocenters.